The molecule has 0 saturated carbocycles. The van der Waals surface area contributed by atoms with Crippen molar-refractivity contribution in [3.8, 4) is 0 Å². The van der Waals surface area contributed by atoms with Crippen molar-refractivity contribution < 1.29 is 0 Å². The summed E-state index contributed by atoms with van der Waals surface area (Å²) in [5, 5.41) is 1.24. The lowest BCUT2D eigenvalue weighted by atomic mass is 9.90. The highest BCUT2D eigenvalue weighted by Crippen LogP contribution is 2.34. The van der Waals surface area contributed by atoms with Gasteiger partial charge in [0.25, 0.3) is 0 Å². The Balaban J connectivity index is 1.38. The number of aromatic nitrogens is 2. The molecule has 0 aliphatic carbocycles. The van der Waals surface area contributed by atoms with Crippen molar-refractivity contribution in [1.82, 2.24) is 9.97 Å². The molecule has 1 aliphatic heterocycles. The molecule has 5 rings (SSSR count). The Morgan fingerprint density at radius 3 is 2.26 bits per heavy atom. The maximum atomic E-state index is 5.10. The Labute approximate surface area is 188 Å². The van der Waals surface area contributed by atoms with Crippen LogP contribution in [0.5, 0.6) is 0 Å². The van der Waals surface area contributed by atoms with E-state index in [1.165, 1.54) is 40.7 Å². The van der Waals surface area contributed by atoms with Gasteiger partial charge in [-0.05, 0) is 48.8 Å². The van der Waals surface area contributed by atoms with E-state index in [4.69, 9.17) is 9.97 Å². The molecular weight excluding hydrogens is 398 g/mol. The molecule has 0 spiro atoms. The van der Waals surface area contributed by atoms with Crippen molar-refractivity contribution >= 4 is 27.4 Å². The summed E-state index contributed by atoms with van der Waals surface area (Å²) in [6.07, 6.45) is 5.46. The van der Waals surface area contributed by atoms with E-state index in [0.717, 1.165) is 48.3 Å². The molecule has 3 heterocycles. The predicted molar refractivity (Wildman–Crippen MR) is 131 cm³/mol. The average molecular weight is 428 g/mol. The van der Waals surface area contributed by atoms with Crippen LogP contribution < -0.4 is 4.90 Å². The summed E-state index contributed by atoms with van der Waals surface area (Å²) < 4.78 is 0. The van der Waals surface area contributed by atoms with Crippen LogP contribution in [0, 0.1) is 5.92 Å². The van der Waals surface area contributed by atoms with Crippen molar-refractivity contribution in [2.24, 2.45) is 5.92 Å². The van der Waals surface area contributed by atoms with Gasteiger partial charge in [-0.15, -0.1) is 11.3 Å². The molecular formula is C27H29N3S. The van der Waals surface area contributed by atoms with Crippen LogP contribution in [0.3, 0.4) is 0 Å². The minimum Gasteiger partial charge on any atom is -0.356 e. The Morgan fingerprint density at radius 2 is 1.58 bits per heavy atom. The van der Waals surface area contributed by atoms with Crippen LogP contribution in [0.25, 0.3) is 10.2 Å². The summed E-state index contributed by atoms with van der Waals surface area (Å²) >= 11 is 1.82. The van der Waals surface area contributed by atoms with Gasteiger partial charge in [0.05, 0.1) is 5.39 Å². The van der Waals surface area contributed by atoms with Crippen LogP contribution in [-0.4, -0.2) is 23.1 Å². The van der Waals surface area contributed by atoms with Gasteiger partial charge >= 0.3 is 0 Å². The van der Waals surface area contributed by atoms with Gasteiger partial charge in [-0.3, -0.25) is 0 Å². The average Bonchev–Trinajstić information content (AvgIpc) is 3.24. The lowest BCUT2D eigenvalue weighted by Crippen LogP contribution is -2.35. The number of nitrogens with zero attached hydrogens (tertiary/aromatic N) is 3. The predicted octanol–water partition coefficient (Wildman–Crippen LogP) is 6.30. The molecule has 0 N–H and O–H groups in total. The fourth-order valence-corrected chi connectivity index (χ4v) is 5.55. The van der Waals surface area contributed by atoms with Crippen molar-refractivity contribution in [2.45, 2.75) is 39.0 Å². The fraction of sp³-hybridized carbons (Fsp3) is 0.333. The topological polar surface area (TPSA) is 29.0 Å². The maximum Gasteiger partial charge on any atom is 0.141 e. The van der Waals surface area contributed by atoms with E-state index in [2.05, 4.69) is 78.6 Å². The van der Waals surface area contributed by atoms with Gasteiger partial charge in [0.15, 0.2) is 0 Å². The van der Waals surface area contributed by atoms with Crippen LogP contribution in [0.1, 0.15) is 41.6 Å². The number of anilines is 1. The molecule has 4 aromatic rings. The van der Waals surface area contributed by atoms with Crippen LogP contribution in [0.15, 0.2) is 66.7 Å². The van der Waals surface area contributed by atoms with Gasteiger partial charge in [-0.1, -0.05) is 67.6 Å². The van der Waals surface area contributed by atoms with E-state index in [9.17, 15) is 0 Å². The summed E-state index contributed by atoms with van der Waals surface area (Å²) in [5.41, 5.74) is 2.72. The number of thiophene rings is 1. The minimum atomic E-state index is 0.758. The number of rotatable bonds is 6. The molecule has 1 saturated heterocycles. The Hall–Kier alpha value is -2.72. The highest BCUT2D eigenvalue weighted by Gasteiger charge is 2.23. The zero-order valence-corrected chi connectivity index (χ0v) is 18.9. The lowest BCUT2D eigenvalue weighted by Gasteiger charge is -2.33. The van der Waals surface area contributed by atoms with Gasteiger partial charge in [0.2, 0.25) is 0 Å². The number of piperidine rings is 1. The maximum absolute atomic E-state index is 5.10. The molecule has 158 valence electrons. The van der Waals surface area contributed by atoms with Crippen LogP contribution in [0.4, 0.5) is 5.82 Å². The first-order valence-electron chi connectivity index (χ1n) is 11.4. The zero-order chi connectivity index (χ0) is 21.0. The third-order valence-electron chi connectivity index (χ3n) is 6.30. The van der Waals surface area contributed by atoms with Gasteiger partial charge < -0.3 is 4.90 Å². The third kappa shape index (κ3) is 4.64. The number of hydrogen-bond acceptors (Lipinski definition) is 4. The summed E-state index contributed by atoms with van der Waals surface area (Å²) in [6.45, 7) is 4.37. The Morgan fingerprint density at radius 1 is 0.903 bits per heavy atom. The quantitative estimate of drug-likeness (QED) is 0.361. The summed E-state index contributed by atoms with van der Waals surface area (Å²) in [6, 6.07) is 23.8. The number of hydrogen-bond donors (Lipinski definition) is 0. The molecule has 4 heteroatoms. The van der Waals surface area contributed by atoms with E-state index in [0.29, 0.717) is 0 Å². The fourth-order valence-electron chi connectivity index (χ4n) is 4.57. The zero-order valence-electron chi connectivity index (χ0n) is 18.1. The lowest BCUT2D eigenvalue weighted by molar-refractivity contribution is 0.402. The molecule has 0 radical (unpaired) electrons. The highest BCUT2D eigenvalue weighted by molar-refractivity contribution is 7.18. The largest absolute Gasteiger partial charge is 0.356 e. The van der Waals surface area contributed by atoms with E-state index in [1.54, 1.807) is 0 Å². The standard InChI is InChI=1S/C27H29N3S/c1-2-23-19-24-26(28-25(29-27(24)31-23)18-21-11-7-4-8-12-21)30-15-13-22(14-16-30)17-20-9-5-3-6-10-20/h3-12,19,22H,2,13-18H2,1H3. The molecule has 2 aromatic heterocycles. The molecule has 1 fully saturated rings. The molecule has 2 aromatic carbocycles. The van der Waals surface area contributed by atoms with Gasteiger partial charge in [-0.2, -0.15) is 0 Å². The molecule has 0 amide bonds. The van der Waals surface area contributed by atoms with Gasteiger partial charge in [0, 0.05) is 24.4 Å². The van der Waals surface area contributed by atoms with Crippen LogP contribution in [0.2, 0.25) is 0 Å². The van der Waals surface area contributed by atoms with E-state index < -0.39 is 0 Å². The second-order valence-corrected chi connectivity index (χ2v) is 9.65. The Kier molecular flexibility index (Phi) is 5.99. The number of fused-ring (bicyclic) bond motifs is 1. The summed E-state index contributed by atoms with van der Waals surface area (Å²) in [4.78, 5) is 15.1. The first-order chi connectivity index (χ1) is 15.3. The Bertz CT molecular complexity index is 1130. The summed E-state index contributed by atoms with van der Waals surface area (Å²) in [5.74, 6) is 2.84. The summed E-state index contributed by atoms with van der Waals surface area (Å²) in [7, 11) is 0. The first kappa shape index (κ1) is 20.2. The monoisotopic (exact) mass is 427 g/mol. The minimum absolute atomic E-state index is 0.758. The molecule has 3 nitrogen and oxygen atoms in total. The smallest absolute Gasteiger partial charge is 0.141 e. The van der Waals surface area contributed by atoms with E-state index in [-0.39, 0.29) is 0 Å². The SMILES string of the molecule is CCc1cc2c(N3CCC(Cc4ccccc4)CC3)nc(Cc3ccccc3)nc2s1. The molecule has 0 atom stereocenters. The highest BCUT2D eigenvalue weighted by atomic mass is 32.1. The first-order valence-corrected chi connectivity index (χ1v) is 12.2. The van der Waals surface area contributed by atoms with Crippen molar-refractivity contribution in [3.05, 3.63) is 88.6 Å². The van der Waals surface area contributed by atoms with Gasteiger partial charge in [-0.25, -0.2) is 9.97 Å². The number of aryl methyl sites for hydroxylation is 1. The van der Waals surface area contributed by atoms with Gasteiger partial charge in [0.1, 0.15) is 16.5 Å². The third-order valence-corrected chi connectivity index (χ3v) is 7.48. The number of benzene rings is 2. The van der Waals surface area contributed by atoms with Crippen LogP contribution in [-0.2, 0) is 19.3 Å². The second kappa shape index (κ2) is 9.19. The molecule has 1 aliphatic rings. The van der Waals surface area contributed by atoms with E-state index >= 15 is 0 Å². The van der Waals surface area contributed by atoms with E-state index in [1.807, 2.05) is 11.3 Å². The van der Waals surface area contributed by atoms with Crippen molar-refractivity contribution in [1.29, 1.82) is 0 Å². The normalized spacial score (nSPS) is 14.9. The molecule has 31 heavy (non-hydrogen) atoms. The molecule has 0 unspecified atom stereocenters. The van der Waals surface area contributed by atoms with Crippen molar-refractivity contribution in [2.75, 3.05) is 18.0 Å². The van der Waals surface area contributed by atoms with Crippen molar-refractivity contribution in [3.63, 3.8) is 0 Å². The van der Waals surface area contributed by atoms with Crippen LogP contribution >= 0.6 is 11.3 Å². The second-order valence-electron chi connectivity index (χ2n) is 8.53. The molecule has 0 bridgehead atoms.